The molecule has 2 heteroatoms. The topological polar surface area (TPSA) is 52.0 Å². The minimum Gasteiger partial charge on any atom is -0.399 e. The third kappa shape index (κ3) is 12.3. The molecule has 0 unspecified atom stereocenters. The van der Waals surface area contributed by atoms with Gasteiger partial charge in [-0.1, -0.05) is 139 Å². The summed E-state index contributed by atoms with van der Waals surface area (Å²) in [6, 6.07) is 31.3. The summed E-state index contributed by atoms with van der Waals surface area (Å²) in [5.41, 5.74) is 24.9. The third-order valence-corrected chi connectivity index (χ3v) is 9.74. The molecule has 0 atom stereocenters. The zero-order valence-electron chi connectivity index (χ0n) is 29.0. The van der Waals surface area contributed by atoms with Crippen molar-refractivity contribution in [2.24, 2.45) is 0 Å². The smallest absolute Gasteiger partial charge is 0.0316 e. The van der Waals surface area contributed by atoms with E-state index in [-0.39, 0.29) is 0 Å². The van der Waals surface area contributed by atoms with Crippen LogP contribution < -0.4 is 11.5 Å². The molecule has 0 saturated carbocycles. The third-order valence-electron chi connectivity index (χ3n) is 9.74. The molecule has 0 saturated heterocycles. The molecule has 0 fully saturated rings. The number of benzene rings is 4. The Hall–Kier alpha value is -3.52. The molecule has 2 nitrogen and oxygen atoms in total. The molecule has 4 N–H and O–H groups in total. The van der Waals surface area contributed by atoms with Crippen LogP contribution >= 0.6 is 0 Å². The molecule has 0 bridgehead atoms. The van der Waals surface area contributed by atoms with E-state index in [2.05, 4.69) is 86.6 Å². The molecule has 0 aliphatic rings. The zero-order valence-corrected chi connectivity index (χ0v) is 29.0. The summed E-state index contributed by atoms with van der Waals surface area (Å²) in [5, 5.41) is 0. The first-order chi connectivity index (χ1) is 22.5. The average molecular weight is 617 g/mol. The second-order valence-corrected chi connectivity index (χ2v) is 13.5. The van der Waals surface area contributed by atoms with E-state index in [0.717, 1.165) is 37.1 Å². The summed E-state index contributed by atoms with van der Waals surface area (Å²) >= 11 is 0. The molecule has 4 rings (SSSR count). The quantitative estimate of drug-likeness (QED) is 0.0723. The molecule has 0 aromatic heterocycles. The van der Waals surface area contributed by atoms with Crippen molar-refractivity contribution in [3.05, 3.63) is 129 Å². The van der Waals surface area contributed by atoms with E-state index in [1.165, 1.54) is 134 Å². The largest absolute Gasteiger partial charge is 0.399 e. The van der Waals surface area contributed by atoms with Crippen molar-refractivity contribution in [2.75, 3.05) is 11.5 Å². The highest BCUT2D eigenvalue weighted by atomic mass is 14.5. The van der Waals surface area contributed by atoms with Crippen LogP contribution in [0.5, 0.6) is 0 Å². The van der Waals surface area contributed by atoms with Crippen molar-refractivity contribution >= 4 is 11.4 Å². The number of aryl methyl sites for hydroxylation is 4. The number of hydrogen-bond donors (Lipinski definition) is 2. The molecule has 46 heavy (non-hydrogen) atoms. The van der Waals surface area contributed by atoms with Crippen LogP contribution in [-0.2, 0) is 38.5 Å². The van der Waals surface area contributed by atoms with Crippen molar-refractivity contribution in [3.8, 4) is 0 Å². The van der Waals surface area contributed by atoms with Crippen molar-refractivity contribution in [2.45, 2.75) is 129 Å². The number of nitrogens with two attached hydrogens (primary N) is 2. The van der Waals surface area contributed by atoms with Gasteiger partial charge in [0.05, 0.1) is 0 Å². The van der Waals surface area contributed by atoms with Crippen LogP contribution in [0.2, 0.25) is 0 Å². The van der Waals surface area contributed by atoms with Gasteiger partial charge in [0.2, 0.25) is 0 Å². The van der Waals surface area contributed by atoms with Gasteiger partial charge in [0.15, 0.2) is 0 Å². The molecule has 246 valence electrons. The lowest BCUT2D eigenvalue weighted by atomic mass is 9.96. The second kappa shape index (κ2) is 19.9. The number of unbranched alkanes of at least 4 members (excludes halogenated alkanes) is 11. The van der Waals surface area contributed by atoms with Crippen LogP contribution in [0, 0.1) is 0 Å². The summed E-state index contributed by atoms with van der Waals surface area (Å²) in [5.74, 6) is 0. The molecule has 4 aromatic carbocycles. The van der Waals surface area contributed by atoms with E-state index in [9.17, 15) is 0 Å². The molecule has 0 aliphatic heterocycles. The Bertz CT molecular complexity index is 1310. The summed E-state index contributed by atoms with van der Waals surface area (Å²) in [7, 11) is 0. The molecule has 4 aromatic rings. The first kappa shape index (κ1) is 35.3. The van der Waals surface area contributed by atoms with Gasteiger partial charge in [-0.25, -0.2) is 0 Å². The maximum Gasteiger partial charge on any atom is 0.0316 e. The van der Waals surface area contributed by atoms with Gasteiger partial charge in [-0.05, 0) is 120 Å². The van der Waals surface area contributed by atoms with Crippen LogP contribution in [0.4, 0.5) is 11.4 Å². The Kier molecular flexibility index (Phi) is 15.3. The van der Waals surface area contributed by atoms with Crippen molar-refractivity contribution in [1.29, 1.82) is 0 Å². The number of nitrogen functional groups attached to an aromatic ring is 2. The molecular weight excluding hydrogens is 556 g/mol. The fraction of sp³-hybridized carbons (Fsp3) is 0.455. The van der Waals surface area contributed by atoms with Crippen LogP contribution in [0.1, 0.15) is 135 Å². The van der Waals surface area contributed by atoms with Gasteiger partial charge in [0.25, 0.3) is 0 Å². The number of rotatable bonds is 21. The van der Waals surface area contributed by atoms with Gasteiger partial charge >= 0.3 is 0 Å². The van der Waals surface area contributed by atoms with Gasteiger partial charge < -0.3 is 11.5 Å². The van der Waals surface area contributed by atoms with E-state index in [1.54, 1.807) is 0 Å². The lowest BCUT2D eigenvalue weighted by Crippen LogP contribution is -1.97. The van der Waals surface area contributed by atoms with Crippen LogP contribution in [0.3, 0.4) is 0 Å². The minimum absolute atomic E-state index is 0.865. The maximum absolute atomic E-state index is 5.97. The molecule has 0 spiro atoms. The van der Waals surface area contributed by atoms with E-state index < -0.39 is 0 Å². The second-order valence-electron chi connectivity index (χ2n) is 13.5. The lowest BCUT2D eigenvalue weighted by Gasteiger charge is -2.10. The normalized spacial score (nSPS) is 11.3. The van der Waals surface area contributed by atoms with Gasteiger partial charge in [-0.15, -0.1) is 0 Å². The Morgan fingerprint density at radius 3 is 0.978 bits per heavy atom. The Morgan fingerprint density at radius 2 is 0.652 bits per heavy atom. The minimum atomic E-state index is 0.865. The standard InChI is InChI=1S/C44H60N2/c1-3-39-33-43(45)29-27-41(39)31-37-23-19-35(20-24-37)17-15-13-11-9-7-5-6-8-10-12-14-16-18-36-21-25-38(26-22-36)32-42-28-30-44(46)34-40(42)4-2/h19-30,33-34H,3-18,31-32,45-46H2,1-2H3. The molecule has 0 amide bonds. The molecular formula is C44H60N2. The molecule has 0 heterocycles. The summed E-state index contributed by atoms with van der Waals surface area (Å²) in [4.78, 5) is 0. The van der Waals surface area contributed by atoms with Crippen LogP contribution in [0.15, 0.2) is 84.9 Å². The highest BCUT2D eigenvalue weighted by Crippen LogP contribution is 2.21. The van der Waals surface area contributed by atoms with Crippen molar-refractivity contribution < 1.29 is 0 Å². The maximum atomic E-state index is 5.97. The van der Waals surface area contributed by atoms with Gasteiger partial charge in [-0.2, -0.15) is 0 Å². The van der Waals surface area contributed by atoms with Gasteiger partial charge in [-0.3, -0.25) is 0 Å². The van der Waals surface area contributed by atoms with Crippen molar-refractivity contribution in [3.63, 3.8) is 0 Å². The Labute approximate surface area is 281 Å². The SMILES string of the molecule is CCc1cc(N)ccc1Cc1ccc(CCCCCCCCCCCCCCc2ccc(Cc3ccc(N)cc3CC)cc2)cc1. The summed E-state index contributed by atoms with van der Waals surface area (Å²) in [6.07, 6.45) is 23.0. The summed E-state index contributed by atoms with van der Waals surface area (Å²) in [6.45, 7) is 4.41. The number of anilines is 2. The number of hydrogen-bond acceptors (Lipinski definition) is 2. The predicted octanol–water partition coefficient (Wildman–Crippen LogP) is 11.6. The van der Waals surface area contributed by atoms with E-state index >= 15 is 0 Å². The molecule has 0 radical (unpaired) electrons. The average Bonchev–Trinajstić information content (AvgIpc) is 3.07. The van der Waals surface area contributed by atoms with Crippen LogP contribution in [-0.4, -0.2) is 0 Å². The van der Waals surface area contributed by atoms with E-state index in [4.69, 9.17) is 11.5 Å². The lowest BCUT2D eigenvalue weighted by molar-refractivity contribution is 0.540. The van der Waals surface area contributed by atoms with Gasteiger partial charge in [0, 0.05) is 11.4 Å². The highest BCUT2D eigenvalue weighted by Gasteiger charge is 2.05. The highest BCUT2D eigenvalue weighted by molar-refractivity contribution is 5.47. The molecule has 0 aliphatic carbocycles. The monoisotopic (exact) mass is 616 g/mol. The van der Waals surface area contributed by atoms with Crippen molar-refractivity contribution in [1.82, 2.24) is 0 Å². The fourth-order valence-corrected chi connectivity index (χ4v) is 6.81. The predicted molar refractivity (Wildman–Crippen MR) is 202 cm³/mol. The van der Waals surface area contributed by atoms with Crippen LogP contribution in [0.25, 0.3) is 0 Å². The van der Waals surface area contributed by atoms with E-state index in [0.29, 0.717) is 0 Å². The Morgan fingerprint density at radius 1 is 0.348 bits per heavy atom. The first-order valence-electron chi connectivity index (χ1n) is 18.4. The first-order valence-corrected chi connectivity index (χ1v) is 18.4. The van der Waals surface area contributed by atoms with E-state index in [1.807, 2.05) is 12.1 Å². The summed E-state index contributed by atoms with van der Waals surface area (Å²) < 4.78 is 0. The fourth-order valence-electron chi connectivity index (χ4n) is 6.81. The van der Waals surface area contributed by atoms with Gasteiger partial charge in [0.1, 0.15) is 0 Å². The Balaban J connectivity index is 0.958. The zero-order chi connectivity index (χ0) is 32.4.